The minimum Gasteiger partial charge on any atom is -0.464 e. The van der Waals surface area contributed by atoms with Crippen molar-refractivity contribution in [3.63, 3.8) is 0 Å². The van der Waals surface area contributed by atoms with Gasteiger partial charge in [-0.15, -0.1) is 0 Å². The first-order valence-electron chi connectivity index (χ1n) is 6.00. The molecule has 0 saturated carbocycles. The molecule has 0 atom stereocenters. The molecule has 0 radical (unpaired) electrons. The third-order valence-corrected chi connectivity index (χ3v) is 2.74. The Bertz CT molecular complexity index is 521. The Hall–Kier alpha value is -2.10. The monoisotopic (exact) mass is 261 g/mol. The van der Waals surface area contributed by atoms with Gasteiger partial charge in [0.2, 0.25) is 5.91 Å². The van der Waals surface area contributed by atoms with Gasteiger partial charge in [-0.25, -0.2) is 4.79 Å². The van der Waals surface area contributed by atoms with Gasteiger partial charge < -0.3 is 10.1 Å². The molecule has 0 bridgehead atoms. The van der Waals surface area contributed by atoms with Crippen molar-refractivity contribution in [1.82, 2.24) is 5.32 Å². The Morgan fingerprint density at radius 1 is 1.16 bits per heavy atom. The molecule has 1 aromatic carbocycles. The van der Waals surface area contributed by atoms with Crippen LogP contribution in [0.1, 0.15) is 29.2 Å². The van der Waals surface area contributed by atoms with Crippen LogP contribution >= 0.6 is 0 Å². The topological polar surface area (TPSA) is 55.4 Å². The van der Waals surface area contributed by atoms with Crippen LogP contribution in [0.3, 0.4) is 0 Å². The Morgan fingerprint density at radius 3 is 2.11 bits per heavy atom. The van der Waals surface area contributed by atoms with Gasteiger partial charge in [0.25, 0.3) is 0 Å². The third-order valence-electron chi connectivity index (χ3n) is 2.74. The molecule has 4 heteroatoms. The van der Waals surface area contributed by atoms with E-state index in [9.17, 15) is 9.59 Å². The summed E-state index contributed by atoms with van der Waals surface area (Å²) in [5.41, 5.74) is 4.31. The molecule has 19 heavy (non-hydrogen) atoms. The average Bonchev–Trinajstić information content (AvgIpc) is 2.30. The van der Waals surface area contributed by atoms with Crippen molar-refractivity contribution in [2.24, 2.45) is 0 Å². The fraction of sp³-hybridized carbons (Fsp3) is 0.333. The summed E-state index contributed by atoms with van der Waals surface area (Å²) < 4.78 is 4.67. The molecular weight excluding hydrogens is 242 g/mol. The van der Waals surface area contributed by atoms with E-state index in [0.717, 1.165) is 22.3 Å². The summed E-state index contributed by atoms with van der Waals surface area (Å²) in [4.78, 5) is 22.8. The summed E-state index contributed by atoms with van der Waals surface area (Å²) in [5, 5.41) is 2.50. The fourth-order valence-corrected chi connectivity index (χ4v) is 2.01. The maximum Gasteiger partial charge on any atom is 0.354 e. The first kappa shape index (κ1) is 15.0. The van der Waals surface area contributed by atoms with Crippen molar-refractivity contribution in [3.8, 4) is 0 Å². The highest BCUT2D eigenvalue weighted by atomic mass is 16.5. The second kappa shape index (κ2) is 6.18. The second-order valence-electron chi connectivity index (χ2n) is 4.54. The predicted octanol–water partition coefficient (Wildman–Crippen LogP) is 2.26. The lowest BCUT2D eigenvalue weighted by atomic mass is 9.99. The predicted molar refractivity (Wildman–Crippen MR) is 74.5 cm³/mol. The van der Waals surface area contributed by atoms with Gasteiger partial charge in [-0.05, 0) is 43.5 Å². The summed E-state index contributed by atoms with van der Waals surface area (Å²) in [6, 6.07) is 4.06. The molecule has 0 unspecified atom stereocenters. The van der Waals surface area contributed by atoms with Crippen LogP contribution < -0.4 is 5.32 Å². The molecule has 1 amide bonds. The molecule has 0 saturated heterocycles. The summed E-state index contributed by atoms with van der Waals surface area (Å²) in [6.45, 7) is 7.30. The first-order chi connectivity index (χ1) is 8.85. The molecule has 0 aliphatic heterocycles. The molecule has 0 heterocycles. The number of hydrogen-bond donors (Lipinski definition) is 1. The number of amides is 1. The highest BCUT2D eigenvalue weighted by Gasteiger charge is 2.12. The van der Waals surface area contributed by atoms with E-state index in [1.54, 1.807) is 6.08 Å². The van der Waals surface area contributed by atoms with Crippen LogP contribution in [0.4, 0.5) is 0 Å². The van der Waals surface area contributed by atoms with E-state index in [1.807, 2.05) is 32.9 Å². The minimum atomic E-state index is -0.561. The van der Waals surface area contributed by atoms with Gasteiger partial charge in [0.05, 0.1) is 7.11 Å². The number of carbonyl (C=O) groups is 2. The number of aryl methyl sites for hydroxylation is 3. The van der Waals surface area contributed by atoms with E-state index in [2.05, 4.69) is 10.1 Å². The molecule has 102 valence electrons. The maximum absolute atomic E-state index is 11.6. The van der Waals surface area contributed by atoms with E-state index < -0.39 is 5.97 Å². The van der Waals surface area contributed by atoms with Crippen molar-refractivity contribution >= 4 is 18.0 Å². The SMILES string of the molecule is COC(=O)C(=Cc1c(C)cc(C)cc1C)NC(C)=O. The summed E-state index contributed by atoms with van der Waals surface area (Å²) >= 11 is 0. The number of ether oxygens (including phenoxy) is 1. The number of rotatable bonds is 3. The number of esters is 1. The number of benzene rings is 1. The van der Waals surface area contributed by atoms with Crippen molar-refractivity contribution in [2.75, 3.05) is 7.11 Å². The van der Waals surface area contributed by atoms with Crippen LogP contribution in [-0.4, -0.2) is 19.0 Å². The zero-order chi connectivity index (χ0) is 14.6. The lowest BCUT2D eigenvalue weighted by molar-refractivity contribution is -0.137. The van der Waals surface area contributed by atoms with Gasteiger partial charge in [-0.1, -0.05) is 17.7 Å². The number of methoxy groups -OCH3 is 1. The smallest absolute Gasteiger partial charge is 0.354 e. The van der Waals surface area contributed by atoms with Gasteiger partial charge in [-0.2, -0.15) is 0 Å². The highest BCUT2D eigenvalue weighted by Crippen LogP contribution is 2.19. The van der Waals surface area contributed by atoms with E-state index >= 15 is 0 Å². The van der Waals surface area contributed by atoms with Crippen LogP contribution in [-0.2, 0) is 14.3 Å². The second-order valence-corrected chi connectivity index (χ2v) is 4.54. The minimum absolute atomic E-state index is 0.144. The largest absolute Gasteiger partial charge is 0.464 e. The summed E-state index contributed by atoms with van der Waals surface area (Å²) in [6.07, 6.45) is 1.65. The number of carbonyl (C=O) groups excluding carboxylic acids is 2. The third kappa shape index (κ3) is 3.95. The van der Waals surface area contributed by atoms with Crippen LogP contribution in [0.15, 0.2) is 17.8 Å². The van der Waals surface area contributed by atoms with Gasteiger partial charge >= 0.3 is 5.97 Å². The van der Waals surface area contributed by atoms with Gasteiger partial charge in [0.1, 0.15) is 5.70 Å². The number of nitrogens with one attached hydrogen (secondary N) is 1. The zero-order valence-electron chi connectivity index (χ0n) is 12.0. The van der Waals surface area contributed by atoms with Crippen molar-refractivity contribution in [3.05, 3.63) is 40.1 Å². The Kier molecular flexibility index (Phi) is 4.87. The van der Waals surface area contributed by atoms with Crippen LogP contribution in [0.2, 0.25) is 0 Å². The zero-order valence-corrected chi connectivity index (χ0v) is 12.0. The van der Waals surface area contributed by atoms with E-state index in [0.29, 0.717) is 0 Å². The highest BCUT2D eigenvalue weighted by molar-refractivity contribution is 5.97. The molecule has 1 aromatic rings. The van der Waals surface area contributed by atoms with Crippen molar-refractivity contribution in [1.29, 1.82) is 0 Å². The number of hydrogen-bond acceptors (Lipinski definition) is 3. The normalized spacial score (nSPS) is 11.1. The van der Waals surface area contributed by atoms with Gasteiger partial charge in [0, 0.05) is 6.92 Å². The summed E-state index contributed by atoms with van der Waals surface area (Å²) in [7, 11) is 1.28. The molecule has 4 nitrogen and oxygen atoms in total. The molecule has 1 N–H and O–H groups in total. The Morgan fingerprint density at radius 2 is 1.68 bits per heavy atom. The summed E-state index contributed by atoms with van der Waals surface area (Å²) in [5.74, 6) is -0.867. The maximum atomic E-state index is 11.6. The van der Waals surface area contributed by atoms with Crippen LogP contribution in [0, 0.1) is 20.8 Å². The fourth-order valence-electron chi connectivity index (χ4n) is 2.01. The molecule has 0 fully saturated rings. The van der Waals surface area contributed by atoms with Crippen molar-refractivity contribution < 1.29 is 14.3 Å². The average molecular weight is 261 g/mol. The molecule has 1 rings (SSSR count). The van der Waals surface area contributed by atoms with Gasteiger partial charge in [-0.3, -0.25) is 4.79 Å². The van der Waals surface area contributed by atoms with Crippen LogP contribution in [0.5, 0.6) is 0 Å². The standard InChI is InChI=1S/C15H19NO3/c1-9-6-10(2)13(11(3)7-9)8-14(15(18)19-5)16-12(4)17/h6-8H,1-5H3,(H,16,17). The molecule has 0 aliphatic rings. The van der Waals surface area contributed by atoms with E-state index in [-0.39, 0.29) is 11.6 Å². The first-order valence-corrected chi connectivity index (χ1v) is 6.00. The van der Waals surface area contributed by atoms with Crippen molar-refractivity contribution in [2.45, 2.75) is 27.7 Å². The quantitative estimate of drug-likeness (QED) is 0.670. The molecular formula is C15H19NO3. The Balaban J connectivity index is 3.29. The van der Waals surface area contributed by atoms with Gasteiger partial charge in [0.15, 0.2) is 0 Å². The Labute approximate surface area is 113 Å². The lowest BCUT2D eigenvalue weighted by Gasteiger charge is -2.10. The molecule has 0 aromatic heterocycles. The molecule has 0 spiro atoms. The lowest BCUT2D eigenvalue weighted by Crippen LogP contribution is -2.25. The van der Waals surface area contributed by atoms with Crippen LogP contribution in [0.25, 0.3) is 6.08 Å². The van der Waals surface area contributed by atoms with E-state index in [4.69, 9.17) is 0 Å². The van der Waals surface area contributed by atoms with E-state index in [1.165, 1.54) is 14.0 Å². The molecule has 0 aliphatic carbocycles.